The molecule has 150 valence electrons. The van der Waals surface area contributed by atoms with Crippen LogP contribution in [0.3, 0.4) is 0 Å². The number of halogens is 3. The summed E-state index contributed by atoms with van der Waals surface area (Å²) in [4.78, 5) is 12.6. The predicted molar refractivity (Wildman–Crippen MR) is 99.0 cm³/mol. The maximum atomic E-state index is 13.0. The number of nitrogens with zero attached hydrogens (tertiary/aromatic N) is 2. The van der Waals surface area contributed by atoms with Crippen molar-refractivity contribution in [3.63, 3.8) is 0 Å². The van der Waals surface area contributed by atoms with E-state index in [1.54, 1.807) is 13.0 Å². The first kappa shape index (κ1) is 19.2. The molecule has 29 heavy (non-hydrogen) atoms. The fraction of sp³-hybridized carbons (Fsp3) is 0.286. The van der Waals surface area contributed by atoms with Gasteiger partial charge in [0.2, 0.25) is 0 Å². The van der Waals surface area contributed by atoms with Crippen molar-refractivity contribution in [2.24, 2.45) is 0 Å². The Balaban J connectivity index is 1.78. The summed E-state index contributed by atoms with van der Waals surface area (Å²) in [6.45, 7) is 1.79. The van der Waals surface area contributed by atoms with E-state index >= 15 is 0 Å². The molecule has 0 bridgehead atoms. The van der Waals surface area contributed by atoms with Gasteiger partial charge in [0.1, 0.15) is 11.3 Å². The molecule has 1 fully saturated rings. The number of aromatic nitrogens is 2. The van der Waals surface area contributed by atoms with Gasteiger partial charge in [-0.15, -0.1) is 10.2 Å². The van der Waals surface area contributed by atoms with Gasteiger partial charge in [-0.05, 0) is 55.5 Å². The summed E-state index contributed by atoms with van der Waals surface area (Å²) in [5, 5.41) is 8.56. The summed E-state index contributed by atoms with van der Waals surface area (Å²) < 4.78 is 49.6. The molecule has 1 saturated carbocycles. The number of carbonyl (C=O) groups is 1. The SMILES string of the molecule is CCOC(=O)c1c(Oc2cccc(C(F)(F)F)c2)nnc2cc(C3CC3)ccc12. The van der Waals surface area contributed by atoms with Crippen LogP contribution < -0.4 is 4.74 Å². The lowest BCUT2D eigenvalue weighted by Crippen LogP contribution is -2.10. The molecule has 0 N–H and O–H groups in total. The van der Waals surface area contributed by atoms with E-state index in [0.717, 1.165) is 30.5 Å². The molecule has 0 spiro atoms. The van der Waals surface area contributed by atoms with E-state index in [2.05, 4.69) is 10.2 Å². The van der Waals surface area contributed by atoms with Gasteiger partial charge in [-0.25, -0.2) is 4.79 Å². The molecule has 1 aromatic heterocycles. The molecule has 0 atom stereocenters. The van der Waals surface area contributed by atoms with Crippen molar-refractivity contribution in [2.75, 3.05) is 6.61 Å². The number of esters is 1. The van der Waals surface area contributed by atoms with E-state index < -0.39 is 17.7 Å². The minimum Gasteiger partial charge on any atom is -0.462 e. The molecule has 0 radical (unpaired) electrons. The number of hydrogen-bond donors (Lipinski definition) is 0. The maximum absolute atomic E-state index is 13.0. The van der Waals surface area contributed by atoms with Crippen LogP contribution in [0.1, 0.15) is 47.2 Å². The normalized spacial score (nSPS) is 14.1. The summed E-state index contributed by atoms with van der Waals surface area (Å²) in [6, 6.07) is 9.89. The average Bonchev–Trinajstić information content (AvgIpc) is 3.52. The lowest BCUT2D eigenvalue weighted by atomic mass is 10.0. The van der Waals surface area contributed by atoms with Crippen molar-refractivity contribution < 1.29 is 27.4 Å². The number of carbonyl (C=O) groups excluding carboxylic acids is 1. The Morgan fingerprint density at radius 1 is 1.14 bits per heavy atom. The van der Waals surface area contributed by atoms with Gasteiger partial charge in [-0.2, -0.15) is 13.2 Å². The summed E-state index contributed by atoms with van der Waals surface area (Å²) in [6.07, 6.45) is -2.29. The summed E-state index contributed by atoms with van der Waals surface area (Å²) >= 11 is 0. The van der Waals surface area contributed by atoms with Crippen molar-refractivity contribution in [3.05, 3.63) is 59.2 Å². The molecular weight excluding hydrogens is 385 g/mol. The molecule has 1 aliphatic carbocycles. The van der Waals surface area contributed by atoms with E-state index in [1.807, 2.05) is 12.1 Å². The van der Waals surface area contributed by atoms with E-state index in [4.69, 9.17) is 9.47 Å². The van der Waals surface area contributed by atoms with Crippen molar-refractivity contribution in [1.82, 2.24) is 10.2 Å². The van der Waals surface area contributed by atoms with E-state index in [-0.39, 0.29) is 23.8 Å². The molecule has 5 nitrogen and oxygen atoms in total. The number of rotatable bonds is 5. The van der Waals surface area contributed by atoms with Crippen LogP contribution in [0.4, 0.5) is 13.2 Å². The minimum absolute atomic E-state index is 0.0385. The van der Waals surface area contributed by atoms with Gasteiger partial charge < -0.3 is 9.47 Å². The van der Waals surface area contributed by atoms with E-state index in [1.165, 1.54) is 12.1 Å². The molecular formula is C21H17F3N2O3. The standard InChI is InChI=1S/C21H17F3N2O3/c1-2-28-20(27)18-16-9-8-13(12-6-7-12)10-17(16)25-26-19(18)29-15-5-3-4-14(11-15)21(22,23)24/h3-5,8-12H,2,6-7H2,1H3. The first-order chi connectivity index (χ1) is 13.9. The summed E-state index contributed by atoms with van der Waals surface area (Å²) in [5.41, 5.74) is 0.800. The minimum atomic E-state index is -4.52. The Bertz CT molecular complexity index is 1080. The van der Waals surface area contributed by atoms with Crippen LogP contribution in [-0.4, -0.2) is 22.8 Å². The zero-order valence-electron chi connectivity index (χ0n) is 15.5. The van der Waals surface area contributed by atoms with Crippen molar-refractivity contribution in [2.45, 2.75) is 31.9 Å². The Kier molecular flexibility index (Phi) is 4.86. The molecule has 0 amide bonds. The highest BCUT2D eigenvalue weighted by molar-refractivity contribution is 6.05. The fourth-order valence-corrected chi connectivity index (χ4v) is 3.10. The van der Waals surface area contributed by atoms with Crippen molar-refractivity contribution in [3.8, 4) is 11.6 Å². The number of fused-ring (bicyclic) bond motifs is 1. The maximum Gasteiger partial charge on any atom is 0.416 e. The van der Waals surface area contributed by atoms with Crippen LogP contribution in [0.15, 0.2) is 42.5 Å². The molecule has 1 aliphatic rings. The molecule has 8 heteroatoms. The second kappa shape index (κ2) is 7.35. The smallest absolute Gasteiger partial charge is 0.416 e. The molecule has 3 aromatic rings. The largest absolute Gasteiger partial charge is 0.462 e. The monoisotopic (exact) mass is 402 g/mol. The number of alkyl halides is 3. The third-order valence-corrected chi connectivity index (χ3v) is 4.66. The highest BCUT2D eigenvalue weighted by atomic mass is 19.4. The Hall–Kier alpha value is -3.16. The second-order valence-electron chi connectivity index (χ2n) is 6.78. The van der Waals surface area contributed by atoms with E-state index in [9.17, 15) is 18.0 Å². The summed E-state index contributed by atoms with van der Waals surface area (Å²) in [7, 11) is 0. The topological polar surface area (TPSA) is 61.3 Å². The predicted octanol–water partition coefficient (Wildman–Crippen LogP) is 5.50. The third kappa shape index (κ3) is 4.01. The van der Waals surface area contributed by atoms with Gasteiger partial charge in [0.25, 0.3) is 5.88 Å². The lowest BCUT2D eigenvalue weighted by molar-refractivity contribution is -0.137. The Morgan fingerprint density at radius 3 is 2.62 bits per heavy atom. The zero-order chi connectivity index (χ0) is 20.6. The zero-order valence-corrected chi connectivity index (χ0v) is 15.5. The van der Waals surface area contributed by atoms with Gasteiger partial charge in [-0.3, -0.25) is 0 Å². The van der Waals surface area contributed by atoms with Gasteiger partial charge >= 0.3 is 12.1 Å². The van der Waals surface area contributed by atoms with Gasteiger partial charge in [0, 0.05) is 5.39 Å². The lowest BCUT2D eigenvalue weighted by Gasteiger charge is -2.13. The third-order valence-electron chi connectivity index (χ3n) is 4.66. The van der Waals surface area contributed by atoms with Crippen LogP contribution in [-0.2, 0) is 10.9 Å². The number of benzene rings is 2. The Morgan fingerprint density at radius 2 is 1.93 bits per heavy atom. The van der Waals surface area contributed by atoms with Crippen molar-refractivity contribution >= 4 is 16.9 Å². The van der Waals surface area contributed by atoms with Crippen LogP contribution in [0.2, 0.25) is 0 Å². The first-order valence-corrected chi connectivity index (χ1v) is 9.19. The van der Waals surface area contributed by atoms with Gasteiger partial charge in [0.15, 0.2) is 0 Å². The van der Waals surface area contributed by atoms with Crippen molar-refractivity contribution in [1.29, 1.82) is 0 Å². The van der Waals surface area contributed by atoms with Crippen LogP contribution in [0.5, 0.6) is 11.6 Å². The fourth-order valence-electron chi connectivity index (χ4n) is 3.10. The highest BCUT2D eigenvalue weighted by Gasteiger charge is 2.31. The highest BCUT2D eigenvalue weighted by Crippen LogP contribution is 2.41. The number of hydrogen-bond acceptors (Lipinski definition) is 5. The average molecular weight is 402 g/mol. The second-order valence-corrected chi connectivity index (χ2v) is 6.78. The van der Waals surface area contributed by atoms with E-state index in [0.29, 0.717) is 16.8 Å². The van der Waals surface area contributed by atoms with Crippen LogP contribution in [0, 0.1) is 0 Å². The molecule has 4 rings (SSSR count). The first-order valence-electron chi connectivity index (χ1n) is 9.19. The Labute approximate surface area is 164 Å². The molecule has 0 saturated heterocycles. The van der Waals surface area contributed by atoms with Crippen LogP contribution >= 0.6 is 0 Å². The molecule has 2 aromatic carbocycles. The number of ether oxygens (including phenoxy) is 2. The van der Waals surface area contributed by atoms with Gasteiger partial charge in [-0.1, -0.05) is 18.2 Å². The molecule has 0 unspecified atom stereocenters. The quantitative estimate of drug-likeness (QED) is 0.528. The molecule has 0 aliphatic heterocycles. The molecule has 1 heterocycles. The summed E-state index contributed by atoms with van der Waals surface area (Å²) in [5.74, 6) is -0.482. The van der Waals surface area contributed by atoms with Gasteiger partial charge in [0.05, 0.1) is 17.7 Å². The van der Waals surface area contributed by atoms with Crippen LogP contribution in [0.25, 0.3) is 10.9 Å².